The average molecular weight is 265 g/mol. The van der Waals surface area contributed by atoms with Gasteiger partial charge in [-0.25, -0.2) is 0 Å². The minimum Gasteiger partial charge on any atom is -0.367 e. The number of anilines is 3. The number of aromatic amines is 1. The van der Waals surface area contributed by atoms with Crippen molar-refractivity contribution in [2.75, 3.05) is 10.6 Å². The van der Waals surface area contributed by atoms with Crippen molar-refractivity contribution in [1.29, 1.82) is 0 Å². The third-order valence-electron chi connectivity index (χ3n) is 3.36. The third kappa shape index (κ3) is 2.18. The predicted molar refractivity (Wildman–Crippen MR) is 80.3 cm³/mol. The SMILES string of the molecule is c1ccc(Nc2nc(NC3CC3)c3cc[nH]c3n2)cc1. The van der Waals surface area contributed by atoms with Gasteiger partial charge in [0.05, 0.1) is 5.39 Å². The Kier molecular flexibility index (Phi) is 2.55. The number of nitrogens with zero attached hydrogens (tertiary/aromatic N) is 2. The molecule has 0 amide bonds. The van der Waals surface area contributed by atoms with Gasteiger partial charge < -0.3 is 15.6 Å². The summed E-state index contributed by atoms with van der Waals surface area (Å²) in [5.41, 5.74) is 1.83. The Morgan fingerprint density at radius 1 is 1.05 bits per heavy atom. The van der Waals surface area contributed by atoms with Gasteiger partial charge in [-0.05, 0) is 31.0 Å². The third-order valence-corrected chi connectivity index (χ3v) is 3.36. The summed E-state index contributed by atoms with van der Waals surface area (Å²) >= 11 is 0. The van der Waals surface area contributed by atoms with E-state index in [0.29, 0.717) is 12.0 Å². The first-order chi connectivity index (χ1) is 9.88. The Morgan fingerprint density at radius 2 is 1.90 bits per heavy atom. The number of rotatable bonds is 4. The molecular formula is C15H15N5. The molecule has 1 fully saturated rings. The van der Waals surface area contributed by atoms with Crippen molar-refractivity contribution in [3.05, 3.63) is 42.6 Å². The largest absolute Gasteiger partial charge is 0.367 e. The molecule has 0 atom stereocenters. The summed E-state index contributed by atoms with van der Waals surface area (Å²) < 4.78 is 0. The highest BCUT2D eigenvalue weighted by Gasteiger charge is 2.23. The monoisotopic (exact) mass is 265 g/mol. The number of fused-ring (bicyclic) bond motifs is 1. The molecule has 0 aliphatic heterocycles. The van der Waals surface area contributed by atoms with Crippen LogP contribution in [0.4, 0.5) is 17.5 Å². The van der Waals surface area contributed by atoms with Crippen molar-refractivity contribution in [3.8, 4) is 0 Å². The number of nitrogens with one attached hydrogen (secondary N) is 3. The van der Waals surface area contributed by atoms with Crippen LogP contribution in [0, 0.1) is 0 Å². The highest BCUT2D eigenvalue weighted by molar-refractivity contribution is 5.88. The van der Waals surface area contributed by atoms with Crippen LogP contribution in [-0.2, 0) is 0 Å². The van der Waals surface area contributed by atoms with E-state index in [1.54, 1.807) is 0 Å². The van der Waals surface area contributed by atoms with Crippen LogP contribution in [0.25, 0.3) is 11.0 Å². The van der Waals surface area contributed by atoms with E-state index in [-0.39, 0.29) is 0 Å². The highest BCUT2D eigenvalue weighted by Crippen LogP contribution is 2.29. The summed E-state index contributed by atoms with van der Waals surface area (Å²) in [6.45, 7) is 0. The molecule has 100 valence electrons. The molecular weight excluding hydrogens is 250 g/mol. The minimum atomic E-state index is 0.563. The molecule has 1 aromatic carbocycles. The van der Waals surface area contributed by atoms with Gasteiger partial charge in [0, 0.05) is 17.9 Å². The highest BCUT2D eigenvalue weighted by atomic mass is 15.2. The molecule has 3 aromatic rings. The van der Waals surface area contributed by atoms with Crippen LogP contribution in [-0.4, -0.2) is 21.0 Å². The molecule has 5 nitrogen and oxygen atoms in total. The van der Waals surface area contributed by atoms with Crippen LogP contribution in [0.5, 0.6) is 0 Å². The summed E-state index contributed by atoms with van der Waals surface area (Å²) in [5, 5.41) is 7.74. The van der Waals surface area contributed by atoms with Gasteiger partial charge in [-0.1, -0.05) is 18.2 Å². The summed E-state index contributed by atoms with van der Waals surface area (Å²) in [7, 11) is 0. The smallest absolute Gasteiger partial charge is 0.231 e. The number of aromatic nitrogens is 3. The molecule has 0 radical (unpaired) electrons. The molecule has 1 aliphatic carbocycles. The van der Waals surface area contributed by atoms with Gasteiger partial charge in [-0.2, -0.15) is 9.97 Å². The molecule has 1 saturated carbocycles. The van der Waals surface area contributed by atoms with Crippen LogP contribution in [0.15, 0.2) is 42.6 Å². The fourth-order valence-electron chi connectivity index (χ4n) is 2.18. The molecule has 2 aromatic heterocycles. The van der Waals surface area contributed by atoms with Crippen molar-refractivity contribution < 1.29 is 0 Å². The van der Waals surface area contributed by atoms with Crippen LogP contribution >= 0.6 is 0 Å². The lowest BCUT2D eigenvalue weighted by atomic mass is 10.3. The van der Waals surface area contributed by atoms with Gasteiger partial charge in [0.2, 0.25) is 5.95 Å². The van der Waals surface area contributed by atoms with E-state index in [1.165, 1.54) is 12.8 Å². The van der Waals surface area contributed by atoms with Gasteiger partial charge >= 0.3 is 0 Å². The van der Waals surface area contributed by atoms with Gasteiger partial charge in [-0.3, -0.25) is 0 Å². The molecule has 3 N–H and O–H groups in total. The second kappa shape index (κ2) is 4.52. The van der Waals surface area contributed by atoms with Crippen LogP contribution in [0.2, 0.25) is 0 Å². The van der Waals surface area contributed by atoms with Crippen LogP contribution in [0.3, 0.4) is 0 Å². The van der Waals surface area contributed by atoms with E-state index in [0.717, 1.165) is 22.5 Å². The Bertz CT molecular complexity index is 730. The average Bonchev–Trinajstić information content (AvgIpc) is 3.15. The number of hydrogen-bond donors (Lipinski definition) is 3. The number of hydrogen-bond acceptors (Lipinski definition) is 4. The molecule has 0 spiro atoms. The standard InChI is InChI=1S/C15H15N5/c1-2-4-10(5-3-1)18-15-19-13-12(8-9-16-13)14(20-15)17-11-6-7-11/h1-5,8-9,11H,6-7H2,(H3,16,17,18,19,20). The fraction of sp³-hybridized carbons (Fsp3) is 0.200. The molecule has 20 heavy (non-hydrogen) atoms. The first kappa shape index (κ1) is 11.3. The maximum atomic E-state index is 4.60. The Balaban J connectivity index is 1.71. The second-order valence-electron chi connectivity index (χ2n) is 5.05. The van der Waals surface area contributed by atoms with Crippen molar-refractivity contribution in [2.45, 2.75) is 18.9 Å². The quantitative estimate of drug-likeness (QED) is 0.677. The van der Waals surface area contributed by atoms with Gasteiger partial charge in [0.1, 0.15) is 11.5 Å². The van der Waals surface area contributed by atoms with Crippen molar-refractivity contribution in [1.82, 2.24) is 15.0 Å². The molecule has 1 aliphatic rings. The second-order valence-corrected chi connectivity index (χ2v) is 5.05. The normalized spacial score (nSPS) is 14.4. The Hall–Kier alpha value is -2.56. The minimum absolute atomic E-state index is 0.563. The molecule has 0 unspecified atom stereocenters. The number of benzene rings is 1. The van der Waals surface area contributed by atoms with E-state index in [1.807, 2.05) is 42.6 Å². The zero-order chi connectivity index (χ0) is 13.4. The zero-order valence-corrected chi connectivity index (χ0v) is 10.9. The van der Waals surface area contributed by atoms with E-state index in [4.69, 9.17) is 0 Å². The van der Waals surface area contributed by atoms with Crippen LogP contribution < -0.4 is 10.6 Å². The maximum absolute atomic E-state index is 4.60. The van der Waals surface area contributed by atoms with Crippen molar-refractivity contribution in [3.63, 3.8) is 0 Å². The van der Waals surface area contributed by atoms with E-state index in [2.05, 4.69) is 25.6 Å². The first-order valence-corrected chi connectivity index (χ1v) is 6.82. The van der Waals surface area contributed by atoms with Crippen molar-refractivity contribution >= 4 is 28.5 Å². The van der Waals surface area contributed by atoms with E-state index in [9.17, 15) is 0 Å². The number of para-hydroxylation sites is 1. The van der Waals surface area contributed by atoms with E-state index >= 15 is 0 Å². The molecule has 2 heterocycles. The number of H-pyrrole nitrogens is 1. The summed E-state index contributed by atoms with van der Waals surface area (Å²) in [5.74, 6) is 1.51. The Morgan fingerprint density at radius 3 is 2.70 bits per heavy atom. The predicted octanol–water partition coefficient (Wildman–Crippen LogP) is 3.28. The van der Waals surface area contributed by atoms with Gasteiger partial charge in [0.15, 0.2) is 0 Å². The Labute approximate surface area is 116 Å². The van der Waals surface area contributed by atoms with Gasteiger partial charge in [-0.15, -0.1) is 0 Å². The van der Waals surface area contributed by atoms with E-state index < -0.39 is 0 Å². The van der Waals surface area contributed by atoms with Gasteiger partial charge in [0.25, 0.3) is 0 Å². The molecule has 0 bridgehead atoms. The topological polar surface area (TPSA) is 65.6 Å². The summed E-state index contributed by atoms with van der Waals surface area (Å²) in [6.07, 6.45) is 4.33. The lowest BCUT2D eigenvalue weighted by Gasteiger charge is -2.09. The lowest BCUT2D eigenvalue weighted by Crippen LogP contribution is -2.06. The molecule has 4 rings (SSSR count). The lowest BCUT2D eigenvalue weighted by molar-refractivity contribution is 1.10. The van der Waals surface area contributed by atoms with Crippen molar-refractivity contribution in [2.24, 2.45) is 0 Å². The summed E-state index contributed by atoms with van der Waals surface area (Å²) in [4.78, 5) is 12.2. The fourth-order valence-corrected chi connectivity index (χ4v) is 2.18. The zero-order valence-electron chi connectivity index (χ0n) is 10.9. The van der Waals surface area contributed by atoms with Crippen LogP contribution in [0.1, 0.15) is 12.8 Å². The first-order valence-electron chi connectivity index (χ1n) is 6.82. The molecule has 0 saturated heterocycles. The molecule has 5 heteroatoms. The summed E-state index contributed by atoms with van der Waals surface area (Å²) in [6, 6.07) is 12.5. The maximum Gasteiger partial charge on any atom is 0.231 e.